The second-order valence-electron chi connectivity index (χ2n) is 13.6. The summed E-state index contributed by atoms with van der Waals surface area (Å²) in [6, 6.07) is 63.9. The number of imidazole rings is 1. The van der Waals surface area contributed by atoms with E-state index in [9.17, 15) is 0 Å². The molecule has 0 aliphatic heterocycles. The number of aromatic nitrogens is 2. The van der Waals surface area contributed by atoms with Crippen molar-refractivity contribution in [2.24, 2.45) is 0 Å². The van der Waals surface area contributed by atoms with Gasteiger partial charge in [0.15, 0.2) is 0 Å². The highest BCUT2D eigenvalue weighted by Crippen LogP contribution is 2.46. The number of pyridine rings is 1. The van der Waals surface area contributed by atoms with Crippen molar-refractivity contribution in [3.63, 3.8) is 0 Å². The summed E-state index contributed by atoms with van der Waals surface area (Å²) >= 11 is 3.70. The van der Waals surface area contributed by atoms with Gasteiger partial charge in [0.1, 0.15) is 5.65 Å². The van der Waals surface area contributed by atoms with Gasteiger partial charge in [-0.15, -0.1) is 22.7 Å². The van der Waals surface area contributed by atoms with E-state index in [-0.39, 0.29) is 0 Å². The minimum absolute atomic E-state index is 0.936. The fourth-order valence-corrected chi connectivity index (χ4v) is 10.0. The highest BCUT2D eigenvalue weighted by atomic mass is 32.1. The summed E-state index contributed by atoms with van der Waals surface area (Å²) in [5.74, 6) is 0. The second kappa shape index (κ2) is 13.8. The average Bonchev–Trinajstić information content (AvgIpc) is 4.03. The molecule has 0 aliphatic carbocycles. The lowest BCUT2D eigenvalue weighted by molar-refractivity contribution is 1.23. The molecule has 0 aliphatic rings. The van der Waals surface area contributed by atoms with Gasteiger partial charge in [0.05, 0.1) is 11.0 Å². The number of hydrogen-bond donors (Lipinski definition) is 0. The molecule has 0 saturated carbocycles. The van der Waals surface area contributed by atoms with Gasteiger partial charge >= 0.3 is 0 Å². The highest BCUT2D eigenvalue weighted by molar-refractivity contribution is 7.25. The Balaban J connectivity index is 0.00000183. The van der Waals surface area contributed by atoms with Crippen LogP contribution in [0, 0.1) is 0 Å². The van der Waals surface area contributed by atoms with Gasteiger partial charge in [0.2, 0.25) is 0 Å². The molecule has 262 valence electrons. The fourth-order valence-electron chi connectivity index (χ4n) is 7.91. The molecule has 4 heterocycles. The molecule has 0 radical (unpaired) electrons. The van der Waals surface area contributed by atoms with E-state index in [0.717, 1.165) is 16.7 Å². The maximum atomic E-state index is 5.46. The smallest absolute Gasteiger partial charge is 0.137 e. The quantitative estimate of drug-likeness (QED) is 0.172. The van der Waals surface area contributed by atoms with E-state index in [1.807, 2.05) is 36.5 Å². The number of benzene rings is 7. The molecule has 11 aromatic rings. The first-order valence-corrected chi connectivity index (χ1v) is 20.5. The summed E-state index contributed by atoms with van der Waals surface area (Å²) in [7, 11) is 0. The predicted molar refractivity (Wildman–Crippen MR) is 239 cm³/mol. The van der Waals surface area contributed by atoms with Crippen LogP contribution in [0.25, 0.3) is 102 Å². The van der Waals surface area contributed by atoms with Crippen LogP contribution in [-0.4, -0.2) is 9.38 Å². The van der Waals surface area contributed by atoms with E-state index < -0.39 is 0 Å². The van der Waals surface area contributed by atoms with Crippen LogP contribution in [0.2, 0.25) is 0 Å². The molecule has 2 nitrogen and oxygen atoms in total. The first-order valence-electron chi connectivity index (χ1n) is 18.9. The van der Waals surface area contributed by atoms with E-state index in [2.05, 4.69) is 187 Å². The van der Waals surface area contributed by atoms with Crippen molar-refractivity contribution in [1.82, 2.24) is 9.38 Å². The Bertz CT molecular complexity index is 3180. The van der Waals surface area contributed by atoms with Crippen LogP contribution in [0.5, 0.6) is 0 Å². The Hall–Kier alpha value is -6.33. The maximum Gasteiger partial charge on any atom is 0.137 e. The summed E-state index contributed by atoms with van der Waals surface area (Å²) in [5.41, 5.74) is 10.2. The van der Waals surface area contributed by atoms with Crippen molar-refractivity contribution in [2.75, 3.05) is 0 Å². The Labute approximate surface area is 328 Å². The first kappa shape index (κ1) is 33.3. The average molecular weight is 741 g/mol. The van der Waals surface area contributed by atoms with Gasteiger partial charge in [-0.2, -0.15) is 0 Å². The van der Waals surface area contributed by atoms with Crippen molar-refractivity contribution in [3.8, 4) is 52.9 Å². The minimum Gasteiger partial charge on any atom is -0.298 e. The van der Waals surface area contributed by atoms with Crippen LogP contribution in [0.1, 0.15) is 13.8 Å². The normalized spacial score (nSPS) is 11.5. The lowest BCUT2D eigenvalue weighted by Crippen LogP contribution is -1.93. The Morgan fingerprint density at radius 1 is 0.400 bits per heavy atom. The van der Waals surface area contributed by atoms with E-state index in [4.69, 9.17) is 4.98 Å². The van der Waals surface area contributed by atoms with Gasteiger partial charge in [-0.3, -0.25) is 4.40 Å². The molecule has 55 heavy (non-hydrogen) atoms. The summed E-state index contributed by atoms with van der Waals surface area (Å²) in [4.78, 5) is 10.6. The molecule has 0 atom stereocenters. The predicted octanol–water partition coefficient (Wildman–Crippen LogP) is 15.4. The van der Waals surface area contributed by atoms with E-state index in [1.165, 1.54) is 85.2 Å². The zero-order valence-electron chi connectivity index (χ0n) is 30.5. The maximum absolute atomic E-state index is 5.46. The second-order valence-corrected chi connectivity index (χ2v) is 15.7. The van der Waals surface area contributed by atoms with Gasteiger partial charge in [-0.25, -0.2) is 4.98 Å². The Kier molecular flexibility index (Phi) is 8.36. The molecule has 0 unspecified atom stereocenters. The van der Waals surface area contributed by atoms with Crippen molar-refractivity contribution in [1.29, 1.82) is 0 Å². The van der Waals surface area contributed by atoms with E-state index in [0.29, 0.717) is 0 Å². The monoisotopic (exact) mass is 740 g/mol. The summed E-state index contributed by atoms with van der Waals surface area (Å²) in [6.45, 7) is 4.00. The largest absolute Gasteiger partial charge is 0.298 e. The standard InChI is InChI=1S/C49H30N2S2.C2H6/c1-2-12-33(13-3-1)41-23-25-43(52-41)44-26-24-42(53-44)38-22-27-45-50-48-46(36-20-18-31-10-4-6-14-34(31)28-36)39-16-8-9-17-40(39)47(49(48)51(45)30-38)37-21-19-32-11-5-7-15-35(32)29-37;1-2/h1-30H;1-2H3. The number of nitrogens with zero attached hydrogens (tertiary/aromatic N) is 2. The number of rotatable bonds is 5. The van der Waals surface area contributed by atoms with Crippen molar-refractivity contribution < 1.29 is 0 Å². The van der Waals surface area contributed by atoms with Gasteiger partial charge < -0.3 is 0 Å². The van der Waals surface area contributed by atoms with Crippen molar-refractivity contribution >= 4 is 71.7 Å². The Morgan fingerprint density at radius 3 is 1.53 bits per heavy atom. The lowest BCUT2D eigenvalue weighted by atomic mass is 9.89. The molecule has 0 N–H and O–H groups in total. The number of thiophene rings is 2. The van der Waals surface area contributed by atoms with Crippen LogP contribution in [-0.2, 0) is 0 Å². The molecule has 0 spiro atoms. The van der Waals surface area contributed by atoms with Crippen molar-refractivity contribution in [3.05, 3.63) is 182 Å². The number of fused-ring (bicyclic) bond motifs is 6. The van der Waals surface area contributed by atoms with Gasteiger partial charge in [0, 0.05) is 42.4 Å². The molecule has 0 bridgehead atoms. The fraction of sp³-hybridized carbons (Fsp3) is 0.0392. The van der Waals surface area contributed by atoms with Gasteiger partial charge in [0.25, 0.3) is 0 Å². The molecule has 7 aromatic carbocycles. The minimum atomic E-state index is 0.936. The third-order valence-electron chi connectivity index (χ3n) is 10.4. The zero-order valence-corrected chi connectivity index (χ0v) is 32.2. The number of hydrogen-bond acceptors (Lipinski definition) is 3. The van der Waals surface area contributed by atoms with Crippen LogP contribution in [0.4, 0.5) is 0 Å². The molecular weight excluding hydrogens is 705 g/mol. The Morgan fingerprint density at radius 2 is 0.891 bits per heavy atom. The summed E-state index contributed by atoms with van der Waals surface area (Å²) in [6.07, 6.45) is 2.30. The van der Waals surface area contributed by atoms with Gasteiger partial charge in [-0.1, -0.05) is 141 Å². The van der Waals surface area contributed by atoms with Crippen LogP contribution in [0.15, 0.2) is 182 Å². The highest BCUT2D eigenvalue weighted by Gasteiger charge is 2.22. The molecule has 0 amide bonds. The molecular formula is C51H36N2S2. The van der Waals surface area contributed by atoms with Crippen LogP contribution in [0.3, 0.4) is 0 Å². The van der Waals surface area contributed by atoms with Crippen molar-refractivity contribution in [2.45, 2.75) is 13.8 Å². The van der Waals surface area contributed by atoms with Gasteiger partial charge in [-0.05, 0) is 97.5 Å². The van der Waals surface area contributed by atoms with Crippen LogP contribution < -0.4 is 0 Å². The first-order chi connectivity index (χ1) is 27.2. The molecule has 0 saturated heterocycles. The van der Waals surface area contributed by atoms with E-state index >= 15 is 0 Å². The SMILES string of the molecule is CC.c1ccc(-c2ccc(-c3ccc(-c4ccc5nc6c(-c7ccc8ccccc8c7)c7ccccc7c(-c7ccc8ccccc8c7)c6n5c4)s3)s2)cc1. The summed E-state index contributed by atoms with van der Waals surface area (Å²) in [5, 5.41) is 7.35. The molecule has 4 aromatic heterocycles. The third-order valence-corrected chi connectivity index (χ3v) is 12.9. The lowest BCUT2D eigenvalue weighted by Gasteiger charge is -2.16. The zero-order chi connectivity index (χ0) is 36.9. The van der Waals surface area contributed by atoms with E-state index in [1.54, 1.807) is 0 Å². The molecule has 4 heteroatoms. The van der Waals surface area contributed by atoms with Crippen LogP contribution >= 0.6 is 22.7 Å². The molecule has 11 rings (SSSR count). The third kappa shape index (κ3) is 5.74. The summed E-state index contributed by atoms with van der Waals surface area (Å²) < 4.78 is 2.34. The topological polar surface area (TPSA) is 17.3 Å². The molecule has 0 fully saturated rings.